The Labute approximate surface area is 129 Å². The van der Waals surface area contributed by atoms with E-state index >= 15 is 0 Å². The van der Waals surface area contributed by atoms with Crippen LogP contribution in [0.3, 0.4) is 0 Å². The monoisotopic (exact) mass is 303 g/mol. The van der Waals surface area contributed by atoms with Crippen LogP contribution in [0.4, 0.5) is 0 Å². The second-order valence-electron chi connectivity index (χ2n) is 3.85. The van der Waals surface area contributed by atoms with E-state index in [0.29, 0.717) is 6.42 Å². The molecule has 4 heteroatoms. The lowest BCUT2D eigenvalue weighted by molar-refractivity contribution is 0.0996. The van der Waals surface area contributed by atoms with Gasteiger partial charge in [-0.3, -0.25) is 9.79 Å². The van der Waals surface area contributed by atoms with Crippen LogP contribution in [0.1, 0.15) is 16.8 Å². The fraction of sp³-hybridized carbons (Fsp3) is 0.125. The Morgan fingerprint density at radius 2 is 2.25 bits per heavy atom. The molecule has 104 valence electrons. The molecule has 1 heterocycles. The van der Waals surface area contributed by atoms with Gasteiger partial charge in [0.25, 0.3) is 0 Å². The molecule has 1 aromatic heterocycles. The van der Waals surface area contributed by atoms with Gasteiger partial charge in [-0.05, 0) is 35.8 Å². The van der Waals surface area contributed by atoms with Crippen LogP contribution in [0.5, 0.6) is 0 Å². The molecule has 20 heavy (non-hydrogen) atoms. The van der Waals surface area contributed by atoms with Crippen LogP contribution < -0.4 is 0 Å². The molecule has 0 unspecified atom stereocenters. The van der Waals surface area contributed by atoms with E-state index in [-0.39, 0.29) is 5.78 Å². The summed E-state index contributed by atoms with van der Waals surface area (Å²) in [7, 11) is 1.71. The summed E-state index contributed by atoms with van der Waals surface area (Å²) in [6.07, 6.45) is 11.2. The van der Waals surface area contributed by atoms with Gasteiger partial charge in [-0.15, -0.1) is 12.6 Å². The van der Waals surface area contributed by atoms with Gasteiger partial charge in [-0.1, -0.05) is 18.7 Å². The van der Waals surface area contributed by atoms with Crippen LogP contribution in [0.15, 0.2) is 69.8 Å². The van der Waals surface area contributed by atoms with Crippen molar-refractivity contribution in [2.45, 2.75) is 6.42 Å². The molecule has 1 rings (SSSR count). The summed E-state index contributed by atoms with van der Waals surface area (Å²) in [5.41, 5.74) is 1.55. The van der Waals surface area contributed by atoms with Gasteiger partial charge in [0.15, 0.2) is 5.78 Å². The van der Waals surface area contributed by atoms with E-state index in [1.807, 2.05) is 41.1 Å². The van der Waals surface area contributed by atoms with E-state index in [4.69, 9.17) is 0 Å². The molecule has 0 aliphatic heterocycles. The average Bonchev–Trinajstić information content (AvgIpc) is 2.96. The molecule has 0 aromatic carbocycles. The van der Waals surface area contributed by atoms with Gasteiger partial charge < -0.3 is 0 Å². The van der Waals surface area contributed by atoms with E-state index in [2.05, 4.69) is 24.2 Å². The zero-order valence-corrected chi connectivity index (χ0v) is 13.0. The normalized spacial score (nSPS) is 13.3. The Hall–Kier alpha value is -1.65. The van der Waals surface area contributed by atoms with E-state index in [1.54, 1.807) is 19.2 Å². The van der Waals surface area contributed by atoms with E-state index in [9.17, 15) is 4.79 Å². The van der Waals surface area contributed by atoms with Gasteiger partial charge in [-0.2, -0.15) is 11.3 Å². The van der Waals surface area contributed by atoms with Crippen LogP contribution >= 0.6 is 24.0 Å². The quantitative estimate of drug-likeness (QED) is 0.342. The number of thiophene rings is 1. The maximum Gasteiger partial charge on any atom is 0.167 e. The summed E-state index contributed by atoms with van der Waals surface area (Å²) >= 11 is 5.78. The van der Waals surface area contributed by atoms with Crippen molar-refractivity contribution in [1.29, 1.82) is 0 Å². The third-order valence-electron chi connectivity index (χ3n) is 2.41. The number of carbonyl (C=O) groups is 1. The first-order chi connectivity index (χ1) is 9.67. The van der Waals surface area contributed by atoms with Crippen molar-refractivity contribution in [1.82, 2.24) is 0 Å². The van der Waals surface area contributed by atoms with Crippen molar-refractivity contribution in [3.8, 4) is 0 Å². The summed E-state index contributed by atoms with van der Waals surface area (Å²) in [5.74, 6) is 0.114. The predicted octanol–water partition coefficient (Wildman–Crippen LogP) is 4.50. The van der Waals surface area contributed by atoms with Crippen molar-refractivity contribution >= 4 is 35.5 Å². The molecular weight excluding hydrogens is 286 g/mol. The van der Waals surface area contributed by atoms with Crippen LogP contribution in [0.2, 0.25) is 0 Å². The number of carbonyl (C=O) groups excluding carboxylic acids is 1. The third-order valence-corrected chi connectivity index (χ3v) is 3.39. The van der Waals surface area contributed by atoms with Crippen molar-refractivity contribution in [2.75, 3.05) is 7.05 Å². The van der Waals surface area contributed by atoms with E-state index in [1.165, 1.54) is 11.3 Å². The van der Waals surface area contributed by atoms with Crippen molar-refractivity contribution in [3.05, 3.63) is 70.3 Å². The largest absolute Gasteiger partial charge is 0.294 e. The van der Waals surface area contributed by atoms with E-state index < -0.39 is 0 Å². The predicted molar refractivity (Wildman–Crippen MR) is 92.2 cm³/mol. The first-order valence-corrected chi connectivity index (χ1v) is 7.45. The summed E-state index contributed by atoms with van der Waals surface area (Å²) in [6.45, 7) is 3.60. The number of hydrogen-bond acceptors (Lipinski definition) is 4. The molecule has 0 bridgehead atoms. The summed E-state index contributed by atoms with van der Waals surface area (Å²) in [4.78, 5) is 16.7. The number of thiol groups is 1. The summed E-state index contributed by atoms with van der Waals surface area (Å²) in [6, 6.07) is 1.84. The minimum Gasteiger partial charge on any atom is -0.294 e. The molecule has 2 nitrogen and oxygen atoms in total. The molecule has 0 aliphatic carbocycles. The molecule has 0 spiro atoms. The smallest absolute Gasteiger partial charge is 0.167 e. The Kier molecular flexibility index (Phi) is 7.62. The lowest BCUT2D eigenvalue weighted by atomic mass is 10.1. The fourth-order valence-electron chi connectivity index (χ4n) is 1.38. The van der Waals surface area contributed by atoms with Crippen molar-refractivity contribution < 1.29 is 4.79 Å². The lowest BCUT2D eigenvalue weighted by Crippen LogP contribution is -1.95. The highest BCUT2D eigenvalue weighted by Crippen LogP contribution is 2.09. The van der Waals surface area contributed by atoms with Crippen LogP contribution in [-0.2, 0) is 0 Å². The Morgan fingerprint density at radius 1 is 1.45 bits per heavy atom. The highest BCUT2D eigenvalue weighted by Gasteiger charge is 2.02. The lowest BCUT2D eigenvalue weighted by Gasteiger charge is -1.94. The minimum atomic E-state index is 0.114. The maximum atomic E-state index is 11.8. The molecule has 0 fully saturated rings. The van der Waals surface area contributed by atoms with E-state index in [0.717, 1.165) is 16.2 Å². The average molecular weight is 303 g/mol. The molecule has 0 aliphatic rings. The fourth-order valence-corrected chi connectivity index (χ4v) is 2.22. The third kappa shape index (κ3) is 5.99. The molecule has 0 N–H and O–H groups in total. The number of allylic oxidation sites excluding steroid dienone is 6. The number of Topliss-reactive ketones (excluding diaryl/α,β-unsaturated/α-hetero) is 1. The highest BCUT2D eigenvalue weighted by atomic mass is 32.1. The molecule has 0 amide bonds. The molecule has 0 saturated heterocycles. The molecule has 0 atom stereocenters. The molecule has 1 aromatic rings. The Balaban J connectivity index is 2.57. The van der Waals surface area contributed by atoms with Gasteiger partial charge in [0.2, 0.25) is 0 Å². The van der Waals surface area contributed by atoms with Gasteiger partial charge in [0.05, 0.1) is 5.71 Å². The Bertz CT molecular complexity index is 563. The van der Waals surface area contributed by atoms with Gasteiger partial charge in [-0.25, -0.2) is 0 Å². The van der Waals surface area contributed by atoms with Crippen molar-refractivity contribution in [2.24, 2.45) is 4.99 Å². The van der Waals surface area contributed by atoms with Gasteiger partial charge >= 0.3 is 0 Å². The second kappa shape index (κ2) is 9.28. The maximum absolute atomic E-state index is 11.8. The zero-order valence-electron chi connectivity index (χ0n) is 11.3. The highest BCUT2D eigenvalue weighted by molar-refractivity contribution is 7.84. The standard InChI is InChI=1S/C16H17NOS2/c1-3-5-15(19)9-8-14(17-2)6-4-7-16(18)13-10-11-20-12-13/h3-6,8-12,19H,1,7H2,2H3/b6-4-,9-8+,15-5-,17-14?. The van der Waals surface area contributed by atoms with Crippen LogP contribution in [-0.4, -0.2) is 18.5 Å². The van der Waals surface area contributed by atoms with Crippen molar-refractivity contribution in [3.63, 3.8) is 0 Å². The number of aliphatic imine (C=N–C) groups is 1. The first kappa shape index (κ1) is 16.4. The molecule has 0 radical (unpaired) electrons. The second-order valence-corrected chi connectivity index (χ2v) is 5.15. The summed E-state index contributed by atoms with van der Waals surface area (Å²) < 4.78 is 0. The first-order valence-electron chi connectivity index (χ1n) is 6.06. The number of hydrogen-bond donors (Lipinski definition) is 1. The van der Waals surface area contributed by atoms with Gasteiger partial charge in [0.1, 0.15) is 0 Å². The SMILES string of the molecule is C=C/C=C(S)/C=C/C(/C=C\CC(=O)c1ccsc1)=NC. The zero-order chi connectivity index (χ0) is 14.8. The molecule has 0 saturated carbocycles. The molecular formula is C16H17NOS2. The van der Waals surface area contributed by atoms with Crippen LogP contribution in [0.25, 0.3) is 0 Å². The summed E-state index contributed by atoms with van der Waals surface area (Å²) in [5, 5.41) is 3.76. The topological polar surface area (TPSA) is 29.4 Å². The number of ketones is 1. The minimum absolute atomic E-state index is 0.114. The van der Waals surface area contributed by atoms with Gasteiger partial charge in [0, 0.05) is 29.3 Å². The van der Waals surface area contributed by atoms with Crippen LogP contribution in [0, 0.1) is 0 Å². The number of rotatable bonds is 7. The Morgan fingerprint density at radius 3 is 2.85 bits per heavy atom. The number of nitrogens with zero attached hydrogens (tertiary/aromatic N) is 1.